The minimum absolute atomic E-state index is 0.387. The van der Waals surface area contributed by atoms with Gasteiger partial charge in [-0.2, -0.15) is 11.8 Å². The van der Waals surface area contributed by atoms with E-state index in [9.17, 15) is 5.11 Å². The maximum atomic E-state index is 9.65. The molecule has 18 heavy (non-hydrogen) atoms. The van der Waals surface area contributed by atoms with E-state index < -0.39 is 0 Å². The van der Waals surface area contributed by atoms with Crippen LogP contribution < -0.4 is 5.32 Å². The quantitative estimate of drug-likeness (QED) is 0.854. The summed E-state index contributed by atoms with van der Waals surface area (Å²) in [6.45, 7) is 4.45. The smallest absolute Gasteiger partial charge is 0.115 e. The number of benzene rings is 1. The van der Waals surface area contributed by atoms with E-state index in [1.807, 2.05) is 17.8 Å². The van der Waals surface area contributed by atoms with E-state index >= 15 is 0 Å². The van der Waals surface area contributed by atoms with Crippen LogP contribution in [0.15, 0.2) is 18.2 Å². The SMILES string of the molecule is CCSCC(C)NC1CCCc2ccc(O)cc21. The second-order valence-electron chi connectivity index (χ2n) is 5.06. The van der Waals surface area contributed by atoms with Crippen LogP contribution in [0.5, 0.6) is 5.75 Å². The fourth-order valence-electron chi connectivity index (χ4n) is 2.65. The predicted molar refractivity (Wildman–Crippen MR) is 79.4 cm³/mol. The molecule has 0 radical (unpaired) electrons. The van der Waals surface area contributed by atoms with Gasteiger partial charge in [0.1, 0.15) is 5.75 Å². The number of fused-ring (bicyclic) bond motifs is 1. The Morgan fingerprint density at radius 3 is 3.11 bits per heavy atom. The summed E-state index contributed by atoms with van der Waals surface area (Å²) in [5.74, 6) is 2.72. The van der Waals surface area contributed by atoms with Crippen LogP contribution in [0.4, 0.5) is 0 Å². The van der Waals surface area contributed by atoms with E-state index in [0.717, 1.165) is 12.2 Å². The van der Waals surface area contributed by atoms with Crippen molar-refractivity contribution in [1.29, 1.82) is 0 Å². The lowest BCUT2D eigenvalue weighted by Crippen LogP contribution is -2.34. The topological polar surface area (TPSA) is 32.3 Å². The van der Waals surface area contributed by atoms with Crippen LogP contribution in [0.3, 0.4) is 0 Å². The van der Waals surface area contributed by atoms with Crippen molar-refractivity contribution in [3.8, 4) is 5.75 Å². The lowest BCUT2D eigenvalue weighted by molar-refractivity contribution is 0.420. The molecule has 2 unspecified atom stereocenters. The lowest BCUT2D eigenvalue weighted by Gasteiger charge is -2.29. The summed E-state index contributed by atoms with van der Waals surface area (Å²) in [5, 5.41) is 13.4. The Morgan fingerprint density at radius 1 is 1.50 bits per heavy atom. The molecule has 1 aromatic carbocycles. The molecule has 0 saturated carbocycles. The molecule has 2 nitrogen and oxygen atoms in total. The number of phenols is 1. The van der Waals surface area contributed by atoms with E-state index in [1.54, 1.807) is 6.07 Å². The van der Waals surface area contributed by atoms with Crippen molar-refractivity contribution in [3.63, 3.8) is 0 Å². The third-order valence-corrected chi connectivity index (χ3v) is 4.65. The van der Waals surface area contributed by atoms with Crippen LogP contribution in [0, 0.1) is 0 Å². The molecular formula is C15H23NOS. The van der Waals surface area contributed by atoms with E-state index in [2.05, 4.69) is 25.2 Å². The molecule has 0 bridgehead atoms. The van der Waals surface area contributed by atoms with Gasteiger partial charge in [0.2, 0.25) is 0 Å². The number of nitrogens with one attached hydrogen (secondary N) is 1. The van der Waals surface area contributed by atoms with Gasteiger partial charge in [0.05, 0.1) is 0 Å². The Morgan fingerprint density at radius 2 is 2.33 bits per heavy atom. The number of rotatable bonds is 5. The Hall–Kier alpha value is -0.670. The normalized spacial score (nSPS) is 20.4. The fraction of sp³-hybridized carbons (Fsp3) is 0.600. The molecule has 1 aliphatic rings. The van der Waals surface area contributed by atoms with Gasteiger partial charge in [0.15, 0.2) is 0 Å². The zero-order valence-electron chi connectivity index (χ0n) is 11.3. The van der Waals surface area contributed by atoms with Gasteiger partial charge in [-0.1, -0.05) is 13.0 Å². The largest absolute Gasteiger partial charge is 0.508 e. The molecule has 100 valence electrons. The van der Waals surface area contributed by atoms with Crippen LogP contribution in [0.25, 0.3) is 0 Å². The van der Waals surface area contributed by atoms with E-state index in [0.29, 0.717) is 17.8 Å². The van der Waals surface area contributed by atoms with E-state index in [4.69, 9.17) is 0 Å². The second kappa shape index (κ2) is 6.48. The summed E-state index contributed by atoms with van der Waals surface area (Å²) in [5.41, 5.74) is 2.70. The van der Waals surface area contributed by atoms with Crippen LogP contribution in [-0.4, -0.2) is 22.7 Å². The van der Waals surface area contributed by atoms with Crippen molar-refractivity contribution in [3.05, 3.63) is 29.3 Å². The van der Waals surface area contributed by atoms with Gasteiger partial charge in [-0.3, -0.25) is 0 Å². The van der Waals surface area contributed by atoms with Crippen LogP contribution in [0.1, 0.15) is 43.9 Å². The summed E-state index contributed by atoms with van der Waals surface area (Å²) < 4.78 is 0. The molecule has 3 heteroatoms. The zero-order valence-corrected chi connectivity index (χ0v) is 12.1. The lowest BCUT2D eigenvalue weighted by atomic mass is 9.87. The molecule has 0 fully saturated rings. The van der Waals surface area contributed by atoms with Crippen molar-refractivity contribution in [2.75, 3.05) is 11.5 Å². The van der Waals surface area contributed by atoms with Gasteiger partial charge in [-0.05, 0) is 55.2 Å². The van der Waals surface area contributed by atoms with Gasteiger partial charge in [0.25, 0.3) is 0 Å². The molecule has 0 heterocycles. The molecule has 2 atom stereocenters. The molecule has 1 aromatic rings. The Balaban J connectivity index is 2.05. The van der Waals surface area contributed by atoms with Gasteiger partial charge in [0, 0.05) is 17.8 Å². The molecule has 0 saturated heterocycles. The molecule has 2 rings (SSSR count). The number of hydrogen-bond acceptors (Lipinski definition) is 3. The molecule has 0 amide bonds. The first-order valence-corrected chi connectivity index (χ1v) is 8.01. The first kappa shape index (κ1) is 13.8. The highest BCUT2D eigenvalue weighted by Gasteiger charge is 2.21. The third-order valence-electron chi connectivity index (χ3n) is 3.50. The first-order chi connectivity index (χ1) is 8.70. The molecule has 1 aliphatic carbocycles. The van der Waals surface area contributed by atoms with Crippen molar-refractivity contribution < 1.29 is 5.11 Å². The summed E-state index contributed by atoms with van der Waals surface area (Å²) in [6, 6.07) is 6.74. The maximum Gasteiger partial charge on any atom is 0.115 e. The van der Waals surface area contributed by atoms with Crippen molar-refractivity contribution in [1.82, 2.24) is 5.32 Å². The van der Waals surface area contributed by atoms with Crippen molar-refractivity contribution in [2.24, 2.45) is 0 Å². The highest BCUT2D eigenvalue weighted by molar-refractivity contribution is 7.99. The first-order valence-electron chi connectivity index (χ1n) is 6.86. The summed E-state index contributed by atoms with van der Waals surface area (Å²) >= 11 is 1.98. The number of thioether (sulfide) groups is 1. The van der Waals surface area contributed by atoms with Gasteiger partial charge >= 0.3 is 0 Å². The highest BCUT2D eigenvalue weighted by Crippen LogP contribution is 2.32. The Kier molecular flexibility index (Phi) is 4.95. The Bertz CT molecular complexity index is 394. The predicted octanol–water partition coefficient (Wildman–Crippen LogP) is 3.50. The number of aryl methyl sites for hydroxylation is 1. The Labute approximate surface area is 114 Å². The summed E-state index contributed by atoms with van der Waals surface area (Å²) in [7, 11) is 0. The third kappa shape index (κ3) is 3.42. The summed E-state index contributed by atoms with van der Waals surface area (Å²) in [6.07, 6.45) is 3.56. The van der Waals surface area contributed by atoms with Crippen LogP contribution >= 0.6 is 11.8 Å². The van der Waals surface area contributed by atoms with Gasteiger partial charge < -0.3 is 10.4 Å². The van der Waals surface area contributed by atoms with Crippen LogP contribution in [0.2, 0.25) is 0 Å². The monoisotopic (exact) mass is 265 g/mol. The molecule has 2 N–H and O–H groups in total. The molecule has 0 aliphatic heterocycles. The summed E-state index contributed by atoms with van der Waals surface area (Å²) in [4.78, 5) is 0. The number of hydrogen-bond donors (Lipinski definition) is 2. The van der Waals surface area contributed by atoms with Gasteiger partial charge in [-0.15, -0.1) is 0 Å². The molecular weight excluding hydrogens is 242 g/mol. The van der Waals surface area contributed by atoms with Crippen molar-refractivity contribution in [2.45, 2.75) is 45.2 Å². The van der Waals surface area contributed by atoms with Crippen LogP contribution in [-0.2, 0) is 6.42 Å². The standard InChI is InChI=1S/C15H23NOS/c1-3-18-10-11(2)16-15-6-4-5-12-7-8-13(17)9-14(12)15/h7-9,11,15-17H,3-6,10H2,1-2H3. The second-order valence-corrected chi connectivity index (χ2v) is 6.37. The highest BCUT2D eigenvalue weighted by atomic mass is 32.2. The zero-order chi connectivity index (χ0) is 13.0. The minimum Gasteiger partial charge on any atom is -0.508 e. The fourth-order valence-corrected chi connectivity index (χ4v) is 3.33. The number of phenolic OH excluding ortho intramolecular Hbond substituents is 1. The minimum atomic E-state index is 0.387. The molecule has 0 spiro atoms. The van der Waals surface area contributed by atoms with E-state index in [-0.39, 0.29) is 0 Å². The molecule has 0 aromatic heterocycles. The van der Waals surface area contributed by atoms with E-state index in [1.165, 1.54) is 29.7 Å². The van der Waals surface area contributed by atoms with Gasteiger partial charge in [-0.25, -0.2) is 0 Å². The number of aromatic hydroxyl groups is 1. The maximum absolute atomic E-state index is 9.65. The average Bonchev–Trinajstić information content (AvgIpc) is 2.37. The van der Waals surface area contributed by atoms with Crippen molar-refractivity contribution >= 4 is 11.8 Å². The average molecular weight is 265 g/mol.